The molecule has 0 N–H and O–H groups in total. The van der Waals surface area contributed by atoms with Crippen LogP contribution in [0.1, 0.15) is 0 Å². The second-order valence-corrected chi connectivity index (χ2v) is 10.7. The minimum Gasteiger partial charge on any atom is -0.228 e. The zero-order valence-corrected chi connectivity index (χ0v) is 22.9. The number of fused-ring (bicyclic) bond motifs is 3. The Bertz CT molecular complexity index is 2230. The fraction of sp³-hybridized carbons (Fsp3) is 0. The average Bonchev–Trinajstić information content (AvgIpc) is 3.07. The summed E-state index contributed by atoms with van der Waals surface area (Å²) in [5, 5.41) is 6.04. The Kier molecular flexibility index (Phi) is 5.82. The first-order valence-corrected chi connectivity index (χ1v) is 14.2. The molecule has 0 radical (unpaired) electrons. The van der Waals surface area contributed by atoms with Crippen molar-refractivity contribution >= 4 is 32.4 Å². The number of benzene rings is 7. The third-order valence-corrected chi connectivity index (χ3v) is 8.07. The van der Waals surface area contributed by atoms with Crippen molar-refractivity contribution in [2.75, 3.05) is 0 Å². The van der Waals surface area contributed by atoms with Gasteiger partial charge in [-0.1, -0.05) is 140 Å². The van der Waals surface area contributed by atoms with Gasteiger partial charge in [-0.15, -0.1) is 0 Å². The van der Waals surface area contributed by atoms with Gasteiger partial charge in [-0.2, -0.15) is 0 Å². The van der Waals surface area contributed by atoms with Gasteiger partial charge >= 0.3 is 0 Å². The van der Waals surface area contributed by atoms with Gasteiger partial charge in [0, 0.05) is 16.5 Å². The van der Waals surface area contributed by atoms with Crippen LogP contribution in [0.4, 0.5) is 0 Å². The van der Waals surface area contributed by atoms with Crippen LogP contribution in [-0.2, 0) is 0 Å². The number of nitrogens with zero attached hydrogens (tertiary/aromatic N) is 2. The van der Waals surface area contributed by atoms with E-state index >= 15 is 0 Å². The Labute approximate surface area is 244 Å². The lowest BCUT2D eigenvalue weighted by molar-refractivity contribution is 1.23. The van der Waals surface area contributed by atoms with Crippen LogP contribution in [0.25, 0.3) is 77.3 Å². The molecule has 1 heterocycles. The molecule has 196 valence electrons. The second-order valence-electron chi connectivity index (χ2n) is 10.7. The standard InChI is InChI=1S/C40H26N2/c1-3-9-33-25-35(23-17-27(33)7-1)29-13-19-31(20-14-29)39-37-11-5-6-12-38(37)41-40(42-39)32-21-15-30(16-22-32)36-24-18-28-8-2-4-10-34(28)26-36/h1-26H. The first-order chi connectivity index (χ1) is 20.8. The molecule has 0 aliphatic heterocycles. The molecule has 7 aromatic carbocycles. The second kappa shape index (κ2) is 10.1. The normalized spacial score (nSPS) is 11.3. The van der Waals surface area contributed by atoms with Crippen LogP contribution in [-0.4, -0.2) is 9.97 Å². The van der Waals surface area contributed by atoms with Crippen molar-refractivity contribution in [2.24, 2.45) is 0 Å². The quantitative estimate of drug-likeness (QED) is 0.224. The van der Waals surface area contributed by atoms with E-state index in [2.05, 4.69) is 152 Å². The van der Waals surface area contributed by atoms with Crippen LogP contribution in [0.15, 0.2) is 158 Å². The molecule has 8 aromatic rings. The Hall–Kier alpha value is -5.60. The largest absolute Gasteiger partial charge is 0.228 e. The van der Waals surface area contributed by atoms with Crippen molar-refractivity contribution in [1.82, 2.24) is 9.97 Å². The first kappa shape index (κ1) is 24.2. The van der Waals surface area contributed by atoms with Gasteiger partial charge in [-0.3, -0.25) is 0 Å². The molecule has 2 heteroatoms. The van der Waals surface area contributed by atoms with E-state index in [1.165, 1.54) is 43.8 Å². The van der Waals surface area contributed by atoms with Crippen molar-refractivity contribution in [1.29, 1.82) is 0 Å². The molecule has 8 rings (SSSR count). The summed E-state index contributed by atoms with van der Waals surface area (Å²) in [6, 6.07) is 55.8. The van der Waals surface area contributed by atoms with Gasteiger partial charge in [0.1, 0.15) is 0 Å². The summed E-state index contributed by atoms with van der Waals surface area (Å²) in [5.41, 5.74) is 8.73. The number of aromatic nitrogens is 2. The Morgan fingerprint density at radius 2 is 0.762 bits per heavy atom. The van der Waals surface area contributed by atoms with Crippen LogP contribution in [0.3, 0.4) is 0 Å². The lowest BCUT2D eigenvalue weighted by atomic mass is 9.98. The molecule has 0 atom stereocenters. The van der Waals surface area contributed by atoms with Gasteiger partial charge in [0.05, 0.1) is 11.2 Å². The minimum atomic E-state index is 0.729. The fourth-order valence-corrected chi connectivity index (χ4v) is 5.80. The molecule has 0 saturated heterocycles. The average molecular weight is 535 g/mol. The van der Waals surface area contributed by atoms with Crippen molar-refractivity contribution < 1.29 is 0 Å². The lowest BCUT2D eigenvalue weighted by Gasteiger charge is -2.11. The van der Waals surface area contributed by atoms with Crippen LogP contribution >= 0.6 is 0 Å². The summed E-state index contributed by atoms with van der Waals surface area (Å²) in [6.45, 7) is 0. The van der Waals surface area contributed by atoms with Crippen molar-refractivity contribution in [2.45, 2.75) is 0 Å². The number of hydrogen-bond acceptors (Lipinski definition) is 2. The molecule has 0 bridgehead atoms. The van der Waals surface area contributed by atoms with Crippen LogP contribution in [0, 0.1) is 0 Å². The predicted octanol–water partition coefficient (Wildman–Crippen LogP) is 10.6. The molecule has 2 nitrogen and oxygen atoms in total. The number of rotatable bonds is 4. The summed E-state index contributed by atoms with van der Waals surface area (Å²) in [6.07, 6.45) is 0. The van der Waals surface area contributed by atoms with Crippen molar-refractivity contribution in [3.8, 4) is 44.9 Å². The maximum absolute atomic E-state index is 5.12. The maximum atomic E-state index is 5.12. The summed E-state index contributed by atoms with van der Waals surface area (Å²) < 4.78 is 0. The first-order valence-electron chi connectivity index (χ1n) is 14.2. The molecule has 0 aliphatic carbocycles. The smallest absolute Gasteiger partial charge is 0.160 e. The highest BCUT2D eigenvalue weighted by Gasteiger charge is 2.12. The van der Waals surface area contributed by atoms with E-state index in [4.69, 9.17) is 9.97 Å². The monoisotopic (exact) mass is 534 g/mol. The van der Waals surface area contributed by atoms with Crippen molar-refractivity contribution in [3.05, 3.63) is 158 Å². The van der Waals surface area contributed by atoms with E-state index in [1.807, 2.05) is 6.07 Å². The third kappa shape index (κ3) is 4.40. The van der Waals surface area contributed by atoms with Crippen molar-refractivity contribution in [3.63, 3.8) is 0 Å². The number of hydrogen-bond donors (Lipinski definition) is 0. The van der Waals surface area contributed by atoms with Gasteiger partial charge < -0.3 is 0 Å². The summed E-state index contributed by atoms with van der Waals surface area (Å²) in [7, 11) is 0. The number of para-hydroxylation sites is 1. The van der Waals surface area contributed by atoms with Crippen LogP contribution < -0.4 is 0 Å². The van der Waals surface area contributed by atoms with E-state index in [9.17, 15) is 0 Å². The highest BCUT2D eigenvalue weighted by molar-refractivity contribution is 5.94. The Balaban J connectivity index is 1.16. The van der Waals surface area contributed by atoms with Gasteiger partial charge in [-0.05, 0) is 62.0 Å². The fourth-order valence-electron chi connectivity index (χ4n) is 5.80. The zero-order valence-electron chi connectivity index (χ0n) is 22.9. The molecule has 0 unspecified atom stereocenters. The maximum Gasteiger partial charge on any atom is 0.160 e. The minimum absolute atomic E-state index is 0.729. The molecule has 0 amide bonds. The molecule has 0 fully saturated rings. The summed E-state index contributed by atoms with van der Waals surface area (Å²) in [4.78, 5) is 10.1. The summed E-state index contributed by atoms with van der Waals surface area (Å²) in [5.74, 6) is 0.729. The van der Waals surface area contributed by atoms with Gasteiger partial charge in [-0.25, -0.2) is 9.97 Å². The topological polar surface area (TPSA) is 25.8 Å². The molecule has 0 aliphatic rings. The highest BCUT2D eigenvalue weighted by Crippen LogP contribution is 2.33. The molecule has 1 aromatic heterocycles. The zero-order chi connectivity index (χ0) is 27.9. The van der Waals surface area contributed by atoms with E-state index in [0.29, 0.717) is 0 Å². The third-order valence-electron chi connectivity index (χ3n) is 8.07. The molecule has 42 heavy (non-hydrogen) atoms. The molecular weight excluding hydrogens is 508 g/mol. The molecule has 0 spiro atoms. The van der Waals surface area contributed by atoms with E-state index in [1.54, 1.807) is 0 Å². The van der Waals surface area contributed by atoms with Gasteiger partial charge in [0.25, 0.3) is 0 Å². The van der Waals surface area contributed by atoms with E-state index in [-0.39, 0.29) is 0 Å². The molecular formula is C40H26N2. The Morgan fingerprint density at radius 3 is 1.36 bits per heavy atom. The summed E-state index contributed by atoms with van der Waals surface area (Å²) >= 11 is 0. The van der Waals surface area contributed by atoms with E-state index < -0.39 is 0 Å². The molecule has 0 saturated carbocycles. The predicted molar refractivity (Wildman–Crippen MR) is 176 cm³/mol. The highest BCUT2D eigenvalue weighted by atomic mass is 14.9. The van der Waals surface area contributed by atoms with Gasteiger partial charge in [0.2, 0.25) is 0 Å². The SMILES string of the molecule is c1ccc2cc(-c3ccc(-c4nc(-c5ccc(-c6ccc7ccccc7c6)cc5)c5ccccc5n4)cc3)ccc2c1. The van der Waals surface area contributed by atoms with Crippen LogP contribution in [0.5, 0.6) is 0 Å². The van der Waals surface area contributed by atoms with Gasteiger partial charge in [0.15, 0.2) is 5.82 Å². The van der Waals surface area contributed by atoms with E-state index in [0.717, 1.165) is 33.5 Å². The Morgan fingerprint density at radius 1 is 0.310 bits per heavy atom. The lowest BCUT2D eigenvalue weighted by Crippen LogP contribution is -1.95. The van der Waals surface area contributed by atoms with Crippen LogP contribution in [0.2, 0.25) is 0 Å².